The minimum atomic E-state index is -0.577. The molecule has 2 saturated carbocycles. The van der Waals surface area contributed by atoms with Gasteiger partial charge in [-0.1, -0.05) is 25.4 Å². The molecule has 0 aromatic heterocycles. The van der Waals surface area contributed by atoms with Crippen molar-refractivity contribution >= 4 is 17.5 Å². The summed E-state index contributed by atoms with van der Waals surface area (Å²) in [5.74, 6) is 0.419. The van der Waals surface area contributed by atoms with Gasteiger partial charge in [0, 0.05) is 22.5 Å². The van der Waals surface area contributed by atoms with E-state index in [1.807, 2.05) is 5.01 Å². The van der Waals surface area contributed by atoms with Gasteiger partial charge >= 0.3 is 0 Å². The summed E-state index contributed by atoms with van der Waals surface area (Å²) in [6.07, 6.45) is 3.13. The number of nitrogens with one attached hydrogen (secondary N) is 1. The van der Waals surface area contributed by atoms with Crippen molar-refractivity contribution in [2.24, 2.45) is 16.7 Å². The summed E-state index contributed by atoms with van der Waals surface area (Å²) in [5, 5.41) is 12.5. The van der Waals surface area contributed by atoms with Gasteiger partial charge in [0.1, 0.15) is 5.54 Å². The Bertz CT molecular complexity index is 727. The van der Waals surface area contributed by atoms with E-state index in [1.165, 1.54) is 6.42 Å². The number of hydrogen-bond acceptors (Lipinski definition) is 3. The number of halogens is 1. The lowest BCUT2D eigenvalue weighted by molar-refractivity contribution is 0.0240. The van der Waals surface area contributed by atoms with Crippen molar-refractivity contribution in [2.45, 2.75) is 38.6 Å². The van der Waals surface area contributed by atoms with E-state index in [0.29, 0.717) is 16.5 Å². The monoisotopic (exact) mass is 329 g/mol. The van der Waals surface area contributed by atoms with E-state index in [4.69, 9.17) is 11.6 Å². The minimum Gasteiger partial charge on any atom is -0.283 e. The van der Waals surface area contributed by atoms with E-state index in [0.717, 1.165) is 19.4 Å². The van der Waals surface area contributed by atoms with Crippen LogP contribution in [-0.4, -0.2) is 23.0 Å². The lowest BCUT2D eigenvalue weighted by atomic mass is 9.66. The molecule has 1 N–H and O–H groups in total. The molecule has 120 valence electrons. The van der Waals surface area contributed by atoms with Gasteiger partial charge in [-0.05, 0) is 54.9 Å². The van der Waals surface area contributed by atoms with Gasteiger partial charge in [-0.3, -0.25) is 10.2 Å². The first kappa shape index (κ1) is 15.0. The fourth-order valence-electron chi connectivity index (χ4n) is 5.43. The molecular formula is C18H20ClN3O. The van der Waals surface area contributed by atoms with E-state index in [2.05, 4.69) is 25.3 Å². The molecule has 1 heterocycles. The Labute approximate surface area is 141 Å². The van der Waals surface area contributed by atoms with Gasteiger partial charge in [0.05, 0.1) is 6.07 Å². The van der Waals surface area contributed by atoms with Crippen LogP contribution in [0.3, 0.4) is 0 Å². The van der Waals surface area contributed by atoms with E-state index in [1.54, 1.807) is 24.3 Å². The number of rotatable bonds is 2. The first-order valence-corrected chi connectivity index (χ1v) is 8.50. The van der Waals surface area contributed by atoms with Gasteiger partial charge in [-0.25, -0.2) is 0 Å². The molecule has 3 fully saturated rings. The molecule has 1 aromatic rings. The van der Waals surface area contributed by atoms with Crippen molar-refractivity contribution in [1.82, 2.24) is 10.4 Å². The van der Waals surface area contributed by atoms with Gasteiger partial charge in [-0.2, -0.15) is 10.3 Å². The SMILES string of the molecule is C[C@@]12CC[C@H]3C[C@]1(C#N)N(NC(=O)c1ccc(Cl)cc1)C[C@]32C. The number of carbonyl (C=O) groups excluding carboxylic acids is 1. The van der Waals surface area contributed by atoms with Crippen LogP contribution in [0.25, 0.3) is 0 Å². The molecule has 3 aliphatic rings. The van der Waals surface area contributed by atoms with Crippen molar-refractivity contribution < 1.29 is 4.79 Å². The Balaban J connectivity index is 1.63. The molecule has 0 unspecified atom stereocenters. The molecule has 1 aromatic carbocycles. The number of hydrazine groups is 1. The molecule has 4 atom stereocenters. The second kappa shape index (κ2) is 4.49. The molecule has 4 rings (SSSR count). The topological polar surface area (TPSA) is 56.1 Å². The molecule has 0 spiro atoms. The van der Waals surface area contributed by atoms with Crippen LogP contribution in [-0.2, 0) is 0 Å². The van der Waals surface area contributed by atoms with Gasteiger partial charge in [0.25, 0.3) is 5.91 Å². The molecule has 1 aliphatic heterocycles. The maximum absolute atomic E-state index is 12.6. The molecular weight excluding hydrogens is 310 g/mol. The van der Waals surface area contributed by atoms with E-state index < -0.39 is 5.54 Å². The zero-order valence-electron chi connectivity index (χ0n) is 13.4. The summed E-state index contributed by atoms with van der Waals surface area (Å²) in [5.41, 5.74) is 3.04. The highest BCUT2D eigenvalue weighted by Gasteiger charge is 2.78. The van der Waals surface area contributed by atoms with Gasteiger partial charge in [-0.15, -0.1) is 0 Å². The second-order valence-electron chi connectivity index (χ2n) is 7.70. The third-order valence-corrected chi connectivity index (χ3v) is 7.34. The van der Waals surface area contributed by atoms with Crippen LogP contribution in [0.15, 0.2) is 24.3 Å². The molecule has 5 heteroatoms. The highest BCUT2D eigenvalue weighted by atomic mass is 35.5. The number of nitriles is 1. The largest absolute Gasteiger partial charge is 0.283 e. The van der Waals surface area contributed by atoms with Crippen molar-refractivity contribution in [3.63, 3.8) is 0 Å². The molecule has 1 amide bonds. The Morgan fingerprint density at radius 2 is 2.09 bits per heavy atom. The van der Waals surface area contributed by atoms with Crippen LogP contribution in [0.1, 0.15) is 43.5 Å². The molecule has 4 nitrogen and oxygen atoms in total. The number of benzene rings is 1. The Kier molecular flexibility index (Phi) is 2.93. The third kappa shape index (κ3) is 1.62. The van der Waals surface area contributed by atoms with Crippen LogP contribution >= 0.6 is 11.6 Å². The molecule has 0 radical (unpaired) electrons. The number of carbonyl (C=O) groups is 1. The molecule has 4 bridgehead atoms. The van der Waals surface area contributed by atoms with Gasteiger partial charge in [0.15, 0.2) is 0 Å². The maximum atomic E-state index is 12.6. The standard InChI is InChI=1S/C18H20ClN3O/c1-16-11-22(21-15(23)12-3-5-14(19)6-4-12)18(10-20)9-13(16)7-8-17(16,18)2/h3-6,13H,7-9,11H2,1-2H3,(H,21,23)/t13-,16+,17-,18+/m0/s1. The first-order valence-electron chi connectivity index (χ1n) is 8.12. The predicted octanol–water partition coefficient (Wildman–Crippen LogP) is 3.39. The van der Waals surface area contributed by atoms with E-state index in [9.17, 15) is 10.1 Å². The lowest BCUT2D eigenvalue weighted by Crippen LogP contribution is -2.59. The number of piperidine rings is 1. The van der Waals surface area contributed by atoms with Crippen molar-refractivity contribution in [1.29, 1.82) is 5.26 Å². The fourth-order valence-corrected chi connectivity index (χ4v) is 5.56. The lowest BCUT2D eigenvalue weighted by Gasteiger charge is -2.42. The summed E-state index contributed by atoms with van der Waals surface area (Å²) in [6.45, 7) is 5.27. The molecule has 1 saturated heterocycles. The summed E-state index contributed by atoms with van der Waals surface area (Å²) < 4.78 is 0. The number of amides is 1. The van der Waals surface area contributed by atoms with Crippen molar-refractivity contribution in [2.75, 3.05) is 6.54 Å². The zero-order valence-corrected chi connectivity index (χ0v) is 14.2. The van der Waals surface area contributed by atoms with Crippen LogP contribution in [0.4, 0.5) is 0 Å². The first-order chi connectivity index (χ1) is 10.9. The van der Waals surface area contributed by atoms with E-state index in [-0.39, 0.29) is 16.7 Å². The predicted molar refractivity (Wildman–Crippen MR) is 87.5 cm³/mol. The van der Waals surface area contributed by atoms with E-state index >= 15 is 0 Å². The second-order valence-corrected chi connectivity index (χ2v) is 8.13. The van der Waals surface area contributed by atoms with Gasteiger partial charge < -0.3 is 0 Å². The third-order valence-electron chi connectivity index (χ3n) is 7.08. The Morgan fingerprint density at radius 3 is 2.70 bits per heavy atom. The molecule has 2 aliphatic carbocycles. The highest BCUT2D eigenvalue weighted by Crippen LogP contribution is 2.75. The van der Waals surface area contributed by atoms with Gasteiger partial charge in [0.2, 0.25) is 0 Å². The normalized spacial score (nSPS) is 41.0. The van der Waals surface area contributed by atoms with Crippen LogP contribution in [0.2, 0.25) is 5.02 Å². The summed E-state index contributed by atoms with van der Waals surface area (Å²) in [4.78, 5) is 12.6. The zero-order chi connectivity index (χ0) is 16.5. The quantitative estimate of drug-likeness (QED) is 0.904. The smallest absolute Gasteiger partial charge is 0.265 e. The Morgan fingerprint density at radius 1 is 1.39 bits per heavy atom. The fraction of sp³-hybridized carbons (Fsp3) is 0.556. The molecule has 23 heavy (non-hydrogen) atoms. The summed E-state index contributed by atoms with van der Waals surface area (Å²) >= 11 is 5.88. The Hall–Kier alpha value is -1.57. The van der Waals surface area contributed by atoms with Crippen LogP contribution < -0.4 is 5.43 Å². The van der Waals surface area contributed by atoms with Crippen LogP contribution in [0.5, 0.6) is 0 Å². The minimum absolute atomic E-state index is 0.0489. The van der Waals surface area contributed by atoms with Crippen LogP contribution in [0, 0.1) is 28.1 Å². The average Bonchev–Trinajstić information content (AvgIpc) is 2.96. The highest BCUT2D eigenvalue weighted by molar-refractivity contribution is 6.30. The average molecular weight is 330 g/mol. The van der Waals surface area contributed by atoms with Crippen molar-refractivity contribution in [3.8, 4) is 6.07 Å². The van der Waals surface area contributed by atoms with Crippen molar-refractivity contribution in [3.05, 3.63) is 34.9 Å². The number of hydrogen-bond donors (Lipinski definition) is 1. The summed E-state index contributed by atoms with van der Waals surface area (Å²) in [7, 11) is 0. The maximum Gasteiger partial charge on any atom is 0.265 e. The number of nitrogens with zero attached hydrogens (tertiary/aromatic N) is 2. The summed E-state index contributed by atoms with van der Waals surface area (Å²) in [6, 6.07) is 9.40.